The molecule has 0 bridgehead atoms. The molecule has 0 atom stereocenters. The summed E-state index contributed by atoms with van der Waals surface area (Å²) in [6.07, 6.45) is 1.32. The normalized spacial score (nSPS) is 11.4. The number of pyridine rings is 1. The molecule has 12 heteroatoms. The zero-order valence-corrected chi connectivity index (χ0v) is 9.94. The maximum absolute atomic E-state index is 10.7. The summed E-state index contributed by atoms with van der Waals surface area (Å²) in [5.74, 6) is -0.532. The molecule has 0 aliphatic carbocycles. The van der Waals surface area contributed by atoms with E-state index in [1.165, 1.54) is 12.3 Å². The standard InChI is InChI=1S/C6H6N2O3.CHF3O3S/c1-4-2-3-7-6(9)5(4)8(10)11;2-1(3,4)8(5,6)7/h2-3H,1H3,(H,7,9);(H,5,6,7). The molecular formula is C7H7F3N2O6S. The highest BCUT2D eigenvalue weighted by molar-refractivity contribution is 7.86. The molecule has 0 saturated carbocycles. The zero-order valence-electron chi connectivity index (χ0n) is 9.12. The van der Waals surface area contributed by atoms with Crippen molar-refractivity contribution in [1.29, 1.82) is 0 Å². The number of hydrogen-bond acceptors (Lipinski definition) is 6. The second-order valence-corrected chi connectivity index (χ2v) is 4.39. The van der Waals surface area contributed by atoms with Crippen molar-refractivity contribution in [2.24, 2.45) is 0 Å². The lowest BCUT2D eigenvalue weighted by Crippen LogP contribution is -2.21. The molecule has 19 heavy (non-hydrogen) atoms. The predicted octanol–water partition coefficient (Wildman–Crippen LogP) is 1.40. The number of aromatic hydroxyl groups is 1. The third kappa shape index (κ3) is 5.05. The highest BCUT2D eigenvalue weighted by Crippen LogP contribution is 2.25. The molecule has 0 aromatic carbocycles. The maximum Gasteiger partial charge on any atom is 0.522 e. The molecule has 0 amide bonds. The van der Waals surface area contributed by atoms with Gasteiger partial charge in [-0.2, -0.15) is 21.6 Å². The second-order valence-electron chi connectivity index (χ2n) is 2.98. The molecular weight excluding hydrogens is 297 g/mol. The molecule has 1 heterocycles. The third-order valence-electron chi connectivity index (χ3n) is 1.58. The highest BCUT2D eigenvalue weighted by Gasteiger charge is 2.44. The fraction of sp³-hybridized carbons (Fsp3) is 0.286. The van der Waals surface area contributed by atoms with E-state index in [-0.39, 0.29) is 5.69 Å². The van der Waals surface area contributed by atoms with Gasteiger partial charge in [0.15, 0.2) is 0 Å². The van der Waals surface area contributed by atoms with E-state index in [0.29, 0.717) is 5.56 Å². The smallest absolute Gasteiger partial charge is 0.488 e. The molecule has 0 radical (unpaired) electrons. The van der Waals surface area contributed by atoms with Crippen molar-refractivity contribution in [1.82, 2.24) is 4.98 Å². The lowest BCUT2D eigenvalue weighted by molar-refractivity contribution is -0.386. The van der Waals surface area contributed by atoms with E-state index in [9.17, 15) is 23.3 Å². The van der Waals surface area contributed by atoms with Gasteiger partial charge in [0.05, 0.1) is 4.92 Å². The molecule has 8 nitrogen and oxygen atoms in total. The fourth-order valence-electron chi connectivity index (χ4n) is 0.762. The van der Waals surface area contributed by atoms with Crippen LogP contribution in [0.15, 0.2) is 12.3 Å². The first-order chi connectivity index (χ1) is 8.38. The Morgan fingerprint density at radius 1 is 1.42 bits per heavy atom. The number of nitro groups is 1. The van der Waals surface area contributed by atoms with Gasteiger partial charge in [-0.25, -0.2) is 4.98 Å². The van der Waals surface area contributed by atoms with Crippen molar-refractivity contribution in [3.63, 3.8) is 0 Å². The summed E-state index contributed by atoms with van der Waals surface area (Å²) < 4.78 is 57.5. The summed E-state index contributed by atoms with van der Waals surface area (Å²) in [5.41, 5.74) is -5.46. The number of hydrogen-bond donors (Lipinski definition) is 2. The number of nitrogens with zero attached hydrogens (tertiary/aromatic N) is 2. The van der Waals surface area contributed by atoms with Crippen molar-refractivity contribution in [2.45, 2.75) is 12.4 Å². The summed E-state index contributed by atoms with van der Waals surface area (Å²) in [7, 11) is -5.84. The largest absolute Gasteiger partial charge is 0.522 e. The van der Waals surface area contributed by atoms with E-state index in [1.807, 2.05) is 0 Å². The van der Waals surface area contributed by atoms with Crippen molar-refractivity contribution >= 4 is 15.8 Å². The number of rotatable bonds is 1. The van der Waals surface area contributed by atoms with Crippen molar-refractivity contribution < 1.29 is 36.2 Å². The minimum Gasteiger partial charge on any atom is -0.488 e. The first-order valence-electron chi connectivity index (χ1n) is 4.20. The van der Waals surface area contributed by atoms with Crippen LogP contribution in [0.1, 0.15) is 5.56 Å². The monoisotopic (exact) mass is 304 g/mol. The molecule has 0 aliphatic rings. The summed E-state index contributed by atoms with van der Waals surface area (Å²) >= 11 is 0. The van der Waals surface area contributed by atoms with Gasteiger partial charge in [-0.15, -0.1) is 0 Å². The fourth-order valence-corrected chi connectivity index (χ4v) is 0.762. The van der Waals surface area contributed by atoms with Crippen LogP contribution in [0.2, 0.25) is 0 Å². The molecule has 1 aromatic rings. The molecule has 0 fully saturated rings. The average molecular weight is 304 g/mol. The lowest BCUT2D eigenvalue weighted by atomic mass is 10.2. The van der Waals surface area contributed by atoms with E-state index in [1.54, 1.807) is 6.92 Å². The Kier molecular flexibility index (Phi) is 5.20. The molecule has 0 unspecified atom stereocenters. The van der Waals surface area contributed by atoms with Gasteiger partial charge in [0.25, 0.3) is 5.88 Å². The van der Waals surface area contributed by atoms with Gasteiger partial charge in [0.1, 0.15) is 0 Å². The second kappa shape index (κ2) is 5.79. The summed E-state index contributed by atoms with van der Waals surface area (Å²) in [6, 6.07) is 1.47. The van der Waals surface area contributed by atoms with E-state index >= 15 is 0 Å². The van der Waals surface area contributed by atoms with Crippen molar-refractivity contribution in [3.05, 3.63) is 27.9 Å². The Bertz CT molecular complexity index is 550. The predicted molar refractivity (Wildman–Crippen MR) is 54.9 cm³/mol. The molecule has 0 saturated heterocycles. The minimum absolute atomic E-state index is 0.326. The van der Waals surface area contributed by atoms with Gasteiger partial charge in [0.2, 0.25) is 0 Å². The van der Waals surface area contributed by atoms with Gasteiger partial charge in [-0.1, -0.05) is 0 Å². The lowest BCUT2D eigenvalue weighted by Gasteiger charge is -1.97. The molecule has 0 aliphatic heterocycles. The van der Waals surface area contributed by atoms with E-state index in [4.69, 9.17) is 18.1 Å². The van der Waals surface area contributed by atoms with Crippen LogP contribution in [0, 0.1) is 17.0 Å². The topological polar surface area (TPSA) is 131 Å². The zero-order chi connectivity index (χ0) is 15.4. The Morgan fingerprint density at radius 3 is 2.05 bits per heavy atom. The summed E-state index contributed by atoms with van der Waals surface area (Å²) in [4.78, 5) is 13.0. The van der Waals surface area contributed by atoms with Crippen LogP contribution < -0.4 is 0 Å². The summed E-state index contributed by atoms with van der Waals surface area (Å²) in [5, 5.41) is 19.2. The van der Waals surface area contributed by atoms with Crippen LogP contribution in [0.4, 0.5) is 18.9 Å². The molecule has 2 N–H and O–H groups in total. The first-order valence-corrected chi connectivity index (χ1v) is 5.64. The van der Waals surface area contributed by atoms with Crippen LogP contribution in [-0.4, -0.2) is 33.5 Å². The Morgan fingerprint density at radius 2 is 1.84 bits per heavy atom. The molecule has 0 spiro atoms. The first kappa shape index (κ1) is 17.1. The Hall–Kier alpha value is -1.95. The minimum atomic E-state index is -5.84. The van der Waals surface area contributed by atoms with Crippen molar-refractivity contribution in [3.8, 4) is 5.88 Å². The SMILES string of the molecule is Cc1ccnc(O)c1[N+](=O)[O-].O=S(=O)(O)C(F)(F)F. The van der Waals surface area contributed by atoms with Crippen LogP contribution in [0.5, 0.6) is 5.88 Å². The van der Waals surface area contributed by atoms with Gasteiger partial charge >= 0.3 is 21.3 Å². The Balaban J connectivity index is 0.000000362. The van der Waals surface area contributed by atoms with Crippen LogP contribution >= 0.6 is 0 Å². The number of alkyl halides is 3. The van der Waals surface area contributed by atoms with E-state index in [2.05, 4.69) is 4.98 Å². The van der Waals surface area contributed by atoms with E-state index in [0.717, 1.165) is 0 Å². The van der Waals surface area contributed by atoms with Gasteiger partial charge in [-0.05, 0) is 13.0 Å². The van der Waals surface area contributed by atoms with Gasteiger partial charge in [0, 0.05) is 11.8 Å². The number of aromatic nitrogens is 1. The van der Waals surface area contributed by atoms with E-state index < -0.39 is 26.4 Å². The number of aryl methyl sites for hydroxylation is 1. The third-order valence-corrected chi connectivity index (χ3v) is 2.17. The molecule has 1 aromatic heterocycles. The van der Waals surface area contributed by atoms with Crippen LogP contribution in [0.3, 0.4) is 0 Å². The van der Waals surface area contributed by atoms with Crippen molar-refractivity contribution in [2.75, 3.05) is 0 Å². The van der Waals surface area contributed by atoms with Gasteiger partial charge < -0.3 is 5.11 Å². The molecule has 1 rings (SSSR count). The number of halogens is 3. The molecule has 108 valence electrons. The summed E-state index contributed by atoms with van der Waals surface area (Å²) in [6.45, 7) is 1.54. The van der Waals surface area contributed by atoms with Gasteiger partial charge in [-0.3, -0.25) is 14.7 Å². The Labute approximate surface area is 104 Å². The average Bonchev–Trinajstić information content (AvgIpc) is 2.13. The highest BCUT2D eigenvalue weighted by atomic mass is 32.2. The van der Waals surface area contributed by atoms with Crippen LogP contribution in [0.25, 0.3) is 0 Å². The van der Waals surface area contributed by atoms with Crippen LogP contribution in [-0.2, 0) is 10.1 Å². The maximum atomic E-state index is 10.7. The quantitative estimate of drug-likeness (QED) is 0.347.